The van der Waals surface area contributed by atoms with Crippen LogP contribution in [0.2, 0.25) is 5.02 Å². The SMILES string of the molecule is O=S(=O)(NCC(O)c1ccc(O)cc1)c1ccc(Cl)cc1. The first kappa shape index (κ1) is 15.8. The van der Waals surface area contributed by atoms with Gasteiger partial charge in [-0.3, -0.25) is 0 Å². The second-order valence-electron chi connectivity index (χ2n) is 4.41. The second kappa shape index (κ2) is 6.44. The van der Waals surface area contributed by atoms with E-state index in [0.717, 1.165) is 0 Å². The van der Waals surface area contributed by atoms with E-state index in [9.17, 15) is 13.5 Å². The molecule has 2 rings (SSSR count). The molecule has 7 heteroatoms. The van der Waals surface area contributed by atoms with Gasteiger partial charge >= 0.3 is 0 Å². The number of aromatic hydroxyl groups is 1. The second-order valence-corrected chi connectivity index (χ2v) is 6.62. The van der Waals surface area contributed by atoms with Crippen LogP contribution in [0.25, 0.3) is 0 Å². The van der Waals surface area contributed by atoms with Gasteiger partial charge in [0.15, 0.2) is 0 Å². The Hall–Kier alpha value is -1.60. The number of nitrogens with one attached hydrogen (secondary N) is 1. The van der Waals surface area contributed by atoms with E-state index in [1.165, 1.54) is 48.5 Å². The van der Waals surface area contributed by atoms with Crippen molar-refractivity contribution in [2.24, 2.45) is 0 Å². The molecule has 0 aliphatic heterocycles. The van der Waals surface area contributed by atoms with Gasteiger partial charge in [-0.1, -0.05) is 23.7 Å². The zero-order valence-corrected chi connectivity index (χ0v) is 12.5. The van der Waals surface area contributed by atoms with Crippen molar-refractivity contribution in [1.29, 1.82) is 0 Å². The van der Waals surface area contributed by atoms with E-state index in [2.05, 4.69) is 4.72 Å². The number of rotatable bonds is 5. The van der Waals surface area contributed by atoms with Gasteiger partial charge in [0, 0.05) is 11.6 Å². The molecule has 3 N–H and O–H groups in total. The predicted octanol–water partition coefficient (Wildman–Crippen LogP) is 2.06. The molecule has 1 unspecified atom stereocenters. The molecule has 21 heavy (non-hydrogen) atoms. The van der Waals surface area contributed by atoms with Crippen molar-refractivity contribution < 1.29 is 18.6 Å². The Balaban J connectivity index is 2.04. The molecule has 2 aromatic carbocycles. The summed E-state index contributed by atoms with van der Waals surface area (Å²) in [5, 5.41) is 19.5. The smallest absolute Gasteiger partial charge is 0.240 e. The molecule has 0 aliphatic rings. The third kappa shape index (κ3) is 4.18. The molecule has 0 saturated heterocycles. The highest BCUT2D eigenvalue weighted by Gasteiger charge is 2.16. The van der Waals surface area contributed by atoms with Gasteiger partial charge in [-0.2, -0.15) is 0 Å². The van der Waals surface area contributed by atoms with Crippen LogP contribution in [0.5, 0.6) is 5.75 Å². The molecule has 1 atom stereocenters. The van der Waals surface area contributed by atoms with Crippen LogP contribution in [0.1, 0.15) is 11.7 Å². The van der Waals surface area contributed by atoms with Crippen LogP contribution in [-0.4, -0.2) is 25.2 Å². The number of phenols is 1. The standard InChI is InChI=1S/C14H14ClNO4S/c15-11-3-7-13(8-4-11)21(19,20)16-9-14(18)10-1-5-12(17)6-2-10/h1-8,14,16-18H,9H2. The molecule has 0 radical (unpaired) electrons. The van der Waals surface area contributed by atoms with Crippen LogP contribution in [0.3, 0.4) is 0 Å². The number of hydrogen-bond donors (Lipinski definition) is 3. The maximum atomic E-state index is 12.0. The van der Waals surface area contributed by atoms with E-state index < -0.39 is 16.1 Å². The molecule has 0 aliphatic carbocycles. The Morgan fingerprint density at radius 2 is 1.62 bits per heavy atom. The van der Waals surface area contributed by atoms with E-state index in [1.807, 2.05) is 0 Å². The van der Waals surface area contributed by atoms with Gasteiger partial charge in [-0.25, -0.2) is 13.1 Å². The van der Waals surface area contributed by atoms with Crippen molar-refractivity contribution in [3.05, 3.63) is 59.1 Å². The minimum absolute atomic E-state index is 0.0739. The Morgan fingerprint density at radius 3 is 2.19 bits per heavy atom. The lowest BCUT2D eigenvalue weighted by Crippen LogP contribution is -2.28. The first-order valence-electron chi connectivity index (χ1n) is 6.11. The largest absolute Gasteiger partial charge is 0.508 e. The number of hydrogen-bond acceptors (Lipinski definition) is 4. The highest BCUT2D eigenvalue weighted by molar-refractivity contribution is 7.89. The summed E-state index contributed by atoms with van der Waals surface area (Å²) in [6.07, 6.45) is -1.01. The van der Waals surface area contributed by atoms with Gasteiger partial charge in [0.2, 0.25) is 10.0 Å². The summed E-state index contributed by atoms with van der Waals surface area (Å²) < 4.78 is 26.4. The highest BCUT2D eigenvalue weighted by Crippen LogP contribution is 2.18. The van der Waals surface area contributed by atoms with E-state index in [4.69, 9.17) is 16.7 Å². The molecule has 2 aromatic rings. The van der Waals surface area contributed by atoms with Crippen molar-refractivity contribution in [3.63, 3.8) is 0 Å². The average molecular weight is 328 g/mol. The summed E-state index contributed by atoms with van der Waals surface area (Å²) in [6, 6.07) is 11.6. The number of sulfonamides is 1. The van der Waals surface area contributed by atoms with Crippen LogP contribution in [-0.2, 0) is 10.0 Å². The van der Waals surface area contributed by atoms with Crippen molar-refractivity contribution >= 4 is 21.6 Å². The average Bonchev–Trinajstić information content (AvgIpc) is 2.46. The molecule has 0 spiro atoms. The topological polar surface area (TPSA) is 86.6 Å². The minimum atomic E-state index is -3.71. The Morgan fingerprint density at radius 1 is 1.05 bits per heavy atom. The van der Waals surface area contributed by atoms with Gasteiger partial charge in [0.05, 0.1) is 11.0 Å². The molecular weight excluding hydrogens is 314 g/mol. The zero-order valence-electron chi connectivity index (χ0n) is 10.9. The summed E-state index contributed by atoms with van der Waals surface area (Å²) in [5.41, 5.74) is 0.506. The Labute approximate surface area is 127 Å². The van der Waals surface area contributed by atoms with Gasteiger partial charge < -0.3 is 10.2 Å². The molecular formula is C14H14ClNO4S. The number of aliphatic hydroxyl groups excluding tert-OH is 1. The molecule has 112 valence electrons. The summed E-state index contributed by atoms with van der Waals surface area (Å²) in [4.78, 5) is 0.0739. The molecule has 5 nitrogen and oxygen atoms in total. The third-order valence-corrected chi connectivity index (χ3v) is 4.56. The molecule has 0 bridgehead atoms. The van der Waals surface area contributed by atoms with Crippen molar-refractivity contribution in [2.45, 2.75) is 11.0 Å². The third-order valence-electron chi connectivity index (χ3n) is 2.87. The van der Waals surface area contributed by atoms with Crippen LogP contribution < -0.4 is 4.72 Å². The van der Waals surface area contributed by atoms with Crippen molar-refractivity contribution in [1.82, 2.24) is 4.72 Å². The van der Waals surface area contributed by atoms with Crippen LogP contribution >= 0.6 is 11.6 Å². The van der Waals surface area contributed by atoms with Crippen LogP contribution in [0.15, 0.2) is 53.4 Å². The van der Waals surface area contributed by atoms with Gasteiger partial charge in [0.1, 0.15) is 5.75 Å². The number of aliphatic hydroxyl groups is 1. The fraction of sp³-hybridized carbons (Fsp3) is 0.143. The van der Waals surface area contributed by atoms with Crippen molar-refractivity contribution in [3.8, 4) is 5.75 Å². The maximum Gasteiger partial charge on any atom is 0.240 e. The van der Waals surface area contributed by atoms with Crippen LogP contribution in [0, 0.1) is 0 Å². The summed E-state index contributed by atoms with van der Waals surface area (Å²) in [7, 11) is -3.71. The molecule has 0 heterocycles. The van der Waals surface area contributed by atoms with Crippen molar-refractivity contribution in [2.75, 3.05) is 6.54 Å². The normalized spacial score (nSPS) is 13.0. The Bertz CT molecular complexity index is 699. The lowest BCUT2D eigenvalue weighted by molar-refractivity contribution is 0.182. The fourth-order valence-corrected chi connectivity index (χ4v) is 2.86. The first-order valence-corrected chi connectivity index (χ1v) is 7.97. The quantitative estimate of drug-likeness (QED) is 0.784. The van der Waals surface area contributed by atoms with Crippen LogP contribution in [0.4, 0.5) is 0 Å². The molecule has 0 saturated carbocycles. The minimum Gasteiger partial charge on any atom is -0.508 e. The van der Waals surface area contributed by atoms with E-state index in [0.29, 0.717) is 10.6 Å². The number of halogens is 1. The summed E-state index contributed by atoms with van der Waals surface area (Å²) in [5.74, 6) is 0.0766. The maximum absolute atomic E-state index is 12.0. The van der Waals surface area contributed by atoms with Gasteiger partial charge in [0.25, 0.3) is 0 Å². The van der Waals surface area contributed by atoms with Gasteiger partial charge in [-0.15, -0.1) is 0 Å². The lowest BCUT2D eigenvalue weighted by atomic mass is 10.1. The van der Waals surface area contributed by atoms with Gasteiger partial charge in [-0.05, 0) is 42.0 Å². The number of phenolic OH excluding ortho intramolecular Hbond substituents is 1. The number of benzene rings is 2. The van der Waals surface area contributed by atoms with E-state index in [1.54, 1.807) is 0 Å². The summed E-state index contributed by atoms with van der Waals surface area (Å²) >= 11 is 5.71. The molecule has 0 fully saturated rings. The first-order chi connectivity index (χ1) is 9.88. The monoisotopic (exact) mass is 327 g/mol. The zero-order chi connectivity index (χ0) is 15.5. The van der Waals surface area contributed by atoms with E-state index in [-0.39, 0.29) is 17.2 Å². The molecule has 0 amide bonds. The van der Waals surface area contributed by atoms with E-state index >= 15 is 0 Å². The summed E-state index contributed by atoms with van der Waals surface area (Å²) in [6.45, 7) is -0.171. The Kier molecular flexibility index (Phi) is 4.84. The lowest BCUT2D eigenvalue weighted by Gasteiger charge is -2.13. The fourth-order valence-electron chi connectivity index (χ4n) is 1.70. The highest BCUT2D eigenvalue weighted by atomic mass is 35.5. The molecule has 0 aromatic heterocycles. The predicted molar refractivity (Wildman–Crippen MR) is 79.7 cm³/mol.